The third-order valence-corrected chi connectivity index (χ3v) is 12.1. The minimum Gasteiger partial charge on any atom is -0.454 e. The molecular weight excluding hydrogens is 657 g/mol. The van der Waals surface area contributed by atoms with Crippen LogP contribution in [0.2, 0.25) is 0 Å². The van der Waals surface area contributed by atoms with Gasteiger partial charge < -0.3 is 13.6 Å². The maximum Gasteiger partial charge on any atom is 0.159 e. The number of rotatable bonds is 3. The monoisotopic (exact) mass is 690 g/mol. The van der Waals surface area contributed by atoms with Gasteiger partial charge in [0.15, 0.2) is 5.58 Å². The van der Waals surface area contributed by atoms with Gasteiger partial charge in [0.05, 0.1) is 27.8 Å². The van der Waals surface area contributed by atoms with E-state index in [1.165, 1.54) is 82.7 Å². The van der Waals surface area contributed by atoms with E-state index >= 15 is 0 Å². The predicted molar refractivity (Wildman–Crippen MR) is 225 cm³/mol. The molecule has 3 aromatic heterocycles. The van der Waals surface area contributed by atoms with Gasteiger partial charge in [0.2, 0.25) is 0 Å². The van der Waals surface area contributed by atoms with Crippen molar-refractivity contribution in [3.8, 4) is 33.6 Å². The van der Waals surface area contributed by atoms with Gasteiger partial charge in [-0.3, -0.25) is 0 Å². The molecule has 254 valence electrons. The molecule has 1 aliphatic carbocycles. The molecule has 54 heavy (non-hydrogen) atoms. The van der Waals surface area contributed by atoms with Crippen molar-refractivity contribution in [2.75, 3.05) is 0 Å². The van der Waals surface area contributed by atoms with Gasteiger partial charge in [0.25, 0.3) is 0 Å². The average molecular weight is 691 g/mol. The fraction of sp³-hybridized carbons (Fsp3) is 0.0588. The summed E-state index contributed by atoms with van der Waals surface area (Å²) in [6.45, 7) is 4.73. The van der Waals surface area contributed by atoms with Gasteiger partial charge >= 0.3 is 0 Å². The number of nitrogens with zero attached hydrogens (tertiary/aromatic N) is 2. The number of benzene rings is 8. The summed E-state index contributed by atoms with van der Waals surface area (Å²) < 4.78 is 11.5. The van der Waals surface area contributed by atoms with Crippen LogP contribution in [0, 0.1) is 0 Å². The molecule has 0 bridgehead atoms. The van der Waals surface area contributed by atoms with Crippen LogP contribution in [0.5, 0.6) is 0 Å². The Morgan fingerprint density at radius 1 is 0.407 bits per heavy atom. The summed E-state index contributed by atoms with van der Waals surface area (Å²) >= 11 is 0. The topological polar surface area (TPSA) is 23.0 Å². The highest BCUT2D eigenvalue weighted by atomic mass is 16.3. The summed E-state index contributed by atoms with van der Waals surface area (Å²) in [5.41, 5.74) is 16.5. The van der Waals surface area contributed by atoms with Crippen molar-refractivity contribution in [2.45, 2.75) is 19.3 Å². The van der Waals surface area contributed by atoms with Crippen LogP contribution in [-0.4, -0.2) is 9.13 Å². The first-order valence-electron chi connectivity index (χ1n) is 18.8. The number of aromatic nitrogens is 2. The Kier molecular flexibility index (Phi) is 5.84. The van der Waals surface area contributed by atoms with E-state index < -0.39 is 0 Å². The minimum atomic E-state index is -0.108. The van der Waals surface area contributed by atoms with Gasteiger partial charge in [-0.1, -0.05) is 117 Å². The highest BCUT2D eigenvalue weighted by molar-refractivity contribution is 6.15. The van der Waals surface area contributed by atoms with Gasteiger partial charge in [0.1, 0.15) is 5.58 Å². The molecule has 0 saturated carbocycles. The van der Waals surface area contributed by atoms with E-state index in [0.29, 0.717) is 0 Å². The third kappa shape index (κ3) is 3.91. The van der Waals surface area contributed by atoms with E-state index in [-0.39, 0.29) is 5.41 Å². The molecule has 3 nitrogen and oxygen atoms in total. The standard InChI is InChI=1S/C51H34N2O/c1-51(2)42-19-9-6-15-34(42)38-30-48-41(29-43(38)51)40-28-32(24-26-46(40)53(48)47-21-12-18-37-36-17-8-11-22-49(36)54-50(37)47)31-23-25-45-39(27-31)35-16-7-10-20-44(35)52(45)33-13-4-3-5-14-33/h3-30H,1-2H3. The second kappa shape index (κ2) is 10.6. The molecule has 11 aromatic rings. The lowest BCUT2D eigenvalue weighted by molar-refractivity contribution is 0.661. The van der Waals surface area contributed by atoms with Crippen LogP contribution in [0.25, 0.3) is 99.2 Å². The number of hydrogen-bond donors (Lipinski definition) is 0. The Balaban J connectivity index is 1.14. The van der Waals surface area contributed by atoms with Crippen LogP contribution in [0.4, 0.5) is 0 Å². The quantitative estimate of drug-likeness (QED) is 0.181. The Labute approximate surface area is 311 Å². The van der Waals surface area contributed by atoms with E-state index in [1.54, 1.807) is 0 Å². The zero-order chi connectivity index (χ0) is 35.7. The maximum atomic E-state index is 6.67. The van der Waals surface area contributed by atoms with E-state index in [4.69, 9.17) is 4.42 Å². The molecule has 0 N–H and O–H groups in total. The summed E-state index contributed by atoms with van der Waals surface area (Å²) in [5, 5.41) is 7.26. The van der Waals surface area contributed by atoms with E-state index in [1.807, 2.05) is 6.07 Å². The number of furan rings is 1. The van der Waals surface area contributed by atoms with Crippen LogP contribution in [0.1, 0.15) is 25.0 Å². The summed E-state index contributed by atoms with van der Waals surface area (Å²) in [7, 11) is 0. The normalized spacial score (nSPS) is 13.5. The van der Waals surface area contributed by atoms with E-state index in [0.717, 1.165) is 27.6 Å². The van der Waals surface area contributed by atoms with Crippen molar-refractivity contribution in [3.63, 3.8) is 0 Å². The first-order chi connectivity index (χ1) is 26.5. The van der Waals surface area contributed by atoms with Crippen LogP contribution in [-0.2, 0) is 5.41 Å². The predicted octanol–water partition coefficient (Wildman–Crippen LogP) is 13.8. The van der Waals surface area contributed by atoms with Crippen molar-refractivity contribution < 1.29 is 4.42 Å². The van der Waals surface area contributed by atoms with Crippen LogP contribution >= 0.6 is 0 Å². The van der Waals surface area contributed by atoms with Crippen molar-refractivity contribution >= 4 is 65.6 Å². The molecular formula is C51H34N2O. The number of hydrogen-bond acceptors (Lipinski definition) is 1. The largest absolute Gasteiger partial charge is 0.454 e. The summed E-state index contributed by atoms with van der Waals surface area (Å²) in [6, 6.07) is 62.1. The highest BCUT2D eigenvalue weighted by Crippen LogP contribution is 2.51. The van der Waals surface area contributed by atoms with Crippen LogP contribution in [0.15, 0.2) is 174 Å². The molecule has 0 atom stereocenters. The highest BCUT2D eigenvalue weighted by Gasteiger charge is 2.36. The van der Waals surface area contributed by atoms with Crippen molar-refractivity contribution in [1.29, 1.82) is 0 Å². The van der Waals surface area contributed by atoms with Crippen LogP contribution < -0.4 is 0 Å². The smallest absolute Gasteiger partial charge is 0.159 e. The Hall–Kier alpha value is -6.84. The Morgan fingerprint density at radius 2 is 1.04 bits per heavy atom. The second-order valence-electron chi connectivity index (χ2n) is 15.3. The molecule has 0 unspecified atom stereocenters. The van der Waals surface area contributed by atoms with Gasteiger partial charge in [-0.2, -0.15) is 0 Å². The van der Waals surface area contributed by atoms with Crippen molar-refractivity contribution in [2.24, 2.45) is 0 Å². The SMILES string of the molecule is CC1(C)c2ccccc2-c2cc3c(cc21)c1cc(-c2ccc4c(c2)c2ccccc2n4-c2ccccc2)ccc1n3-c1cccc2c1oc1ccccc12. The third-order valence-electron chi connectivity index (χ3n) is 12.1. The van der Waals surface area contributed by atoms with Gasteiger partial charge in [0, 0.05) is 43.4 Å². The molecule has 0 amide bonds. The molecule has 3 heteroatoms. The number of fused-ring (bicyclic) bond motifs is 12. The second-order valence-corrected chi connectivity index (χ2v) is 15.3. The minimum absolute atomic E-state index is 0.108. The molecule has 12 rings (SSSR count). The molecule has 8 aromatic carbocycles. The summed E-state index contributed by atoms with van der Waals surface area (Å²) in [4.78, 5) is 0. The van der Waals surface area contributed by atoms with Gasteiger partial charge in [-0.15, -0.1) is 0 Å². The molecule has 1 aliphatic rings. The lowest BCUT2D eigenvalue weighted by Gasteiger charge is -2.21. The maximum absolute atomic E-state index is 6.67. The molecule has 0 radical (unpaired) electrons. The average Bonchev–Trinajstić information content (AvgIpc) is 3.92. The first-order valence-corrected chi connectivity index (χ1v) is 18.8. The lowest BCUT2D eigenvalue weighted by Crippen LogP contribution is -2.14. The molecule has 0 fully saturated rings. The number of para-hydroxylation sites is 4. The van der Waals surface area contributed by atoms with E-state index in [9.17, 15) is 0 Å². The summed E-state index contributed by atoms with van der Waals surface area (Å²) in [6.07, 6.45) is 0. The first kappa shape index (κ1) is 29.7. The van der Waals surface area contributed by atoms with Gasteiger partial charge in [-0.05, 0) is 100 Å². The van der Waals surface area contributed by atoms with Crippen LogP contribution in [0.3, 0.4) is 0 Å². The lowest BCUT2D eigenvalue weighted by atomic mass is 9.82. The van der Waals surface area contributed by atoms with E-state index in [2.05, 4.69) is 187 Å². The fourth-order valence-electron chi connectivity index (χ4n) is 9.57. The molecule has 0 spiro atoms. The van der Waals surface area contributed by atoms with Gasteiger partial charge in [-0.25, -0.2) is 0 Å². The zero-order valence-electron chi connectivity index (χ0n) is 30.0. The van der Waals surface area contributed by atoms with Crippen molar-refractivity contribution in [1.82, 2.24) is 9.13 Å². The molecule has 0 saturated heterocycles. The van der Waals surface area contributed by atoms with Crippen molar-refractivity contribution in [3.05, 3.63) is 181 Å². The Bertz CT molecular complexity index is 3350. The summed E-state index contributed by atoms with van der Waals surface area (Å²) in [5.74, 6) is 0. The fourth-order valence-corrected chi connectivity index (χ4v) is 9.57. The zero-order valence-corrected chi connectivity index (χ0v) is 30.0. The molecule has 3 heterocycles. The Morgan fingerprint density at radius 3 is 1.87 bits per heavy atom. The molecule has 0 aliphatic heterocycles.